The highest BCUT2D eigenvalue weighted by atomic mass is 32.2. The van der Waals surface area contributed by atoms with Crippen LogP contribution in [0.25, 0.3) is 5.78 Å². The molecular formula is C27H31N5OS. The first-order chi connectivity index (χ1) is 16.4. The zero-order valence-electron chi connectivity index (χ0n) is 20.2. The average Bonchev–Trinajstić information content (AvgIpc) is 3.24. The standard InChI is InChI=1S/C27H31N5OS/c1-18-10-13-23(14-11-18)16-24-20(3)29-26-30-27(31-32(26)21(24)4)34-17-25(33)28-19(2)12-15-22-8-6-5-7-9-22/h5-11,13-14,19H,12,15-17H2,1-4H3,(H,28,33)/t19-/m0/s1. The van der Waals surface area contributed by atoms with Crippen LogP contribution in [0.5, 0.6) is 0 Å². The van der Waals surface area contributed by atoms with E-state index in [-0.39, 0.29) is 17.7 Å². The van der Waals surface area contributed by atoms with E-state index in [1.54, 1.807) is 4.52 Å². The molecule has 0 radical (unpaired) electrons. The fourth-order valence-electron chi connectivity index (χ4n) is 3.96. The Hall–Kier alpha value is -3.19. The number of nitrogens with zero attached hydrogens (tertiary/aromatic N) is 4. The van der Waals surface area contributed by atoms with Crippen molar-refractivity contribution in [2.45, 2.75) is 58.2 Å². The Morgan fingerprint density at radius 3 is 2.47 bits per heavy atom. The second-order valence-corrected chi connectivity index (χ2v) is 9.75. The van der Waals surface area contributed by atoms with E-state index in [0.29, 0.717) is 10.9 Å². The van der Waals surface area contributed by atoms with Gasteiger partial charge in [-0.05, 0) is 57.2 Å². The highest BCUT2D eigenvalue weighted by molar-refractivity contribution is 7.99. The van der Waals surface area contributed by atoms with Gasteiger partial charge in [-0.25, -0.2) is 9.50 Å². The van der Waals surface area contributed by atoms with Crippen LogP contribution in [0.4, 0.5) is 0 Å². The summed E-state index contributed by atoms with van der Waals surface area (Å²) in [5.41, 5.74) is 6.92. The summed E-state index contributed by atoms with van der Waals surface area (Å²) in [4.78, 5) is 21.7. The molecule has 2 aromatic heterocycles. The molecule has 0 spiro atoms. The minimum absolute atomic E-state index is 0.00894. The van der Waals surface area contributed by atoms with Gasteiger partial charge in [-0.15, -0.1) is 5.10 Å². The van der Waals surface area contributed by atoms with Gasteiger partial charge in [-0.1, -0.05) is 71.9 Å². The van der Waals surface area contributed by atoms with Gasteiger partial charge >= 0.3 is 0 Å². The third kappa shape index (κ3) is 6.03. The zero-order valence-corrected chi connectivity index (χ0v) is 21.0. The Labute approximate surface area is 205 Å². The smallest absolute Gasteiger partial charge is 0.253 e. The molecule has 1 N–H and O–H groups in total. The minimum Gasteiger partial charge on any atom is -0.353 e. The normalized spacial score (nSPS) is 12.1. The third-order valence-electron chi connectivity index (χ3n) is 5.98. The number of carbonyl (C=O) groups excluding carboxylic acids is 1. The maximum atomic E-state index is 12.4. The van der Waals surface area contributed by atoms with Gasteiger partial charge < -0.3 is 5.32 Å². The van der Waals surface area contributed by atoms with Gasteiger partial charge in [0.2, 0.25) is 11.1 Å². The van der Waals surface area contributed by atoms with Crippen LogP contribution in [0, 0.1) is 20.8 Å². The molecule has 2 aromatic carbocycles. The van der Waals surface area contributed by atoms with E-state index in [0.717, 1.165) is 36.2 Å². The predicted octanol–water partition coefficient (Wildman–Crippen LogP) is 4.87. The van der Waals surface area contributed by atoms with Gasteiger partial charge in [-0.2, -0.15) is 4.98 Å². The first-order valence-corrected chi connectivity index (χ1v) is 12.6. The van der Waals surface area contributed by atoms with Gasteiger partial charge in [-0.3, -0.25) is 4.79 Å². The number of hydrogen-bond donors (Lipinski definition) is 1. The SMILES string of the molecule is Cc1ccc(Cc2c(C)nc3nc(SCC(=O)N[C@@H](C)CCc4ccccc4)nn3c2C)cc1. The fraction of sp³-hybridized carbons (Fsp3) is 0.333. The van der Waals surface area contributed by atoms with Crippen LogP contribution >= 0.6 is 11.8 Å². The lowest BCUT2D eigenvalue weighted by Gasteiger charge is -2.13. The molecule has 0 fully saturated rings. The van der Waals surface area contributed by atoms with Crippen molar-refractivity contribution in [3.63, 3.8) is 0 Å². The monoisotopic (exact) mass is 473 g/mol. The lowest BCUT2D eigenvalue weighted by molar-refractivity contribution is -0.119. The first kappa shape index (κ1) is 24.0. The van der Waals surface area contributed by atoms with Crippen LogP contribution in [0.3, 0.4) is 0 Å². The van der Waals surface area contributed by atoms with E-state index in [1.165, 1.54) is 28.5 Å². The Morgan fingerprint density at radius 2 is 1.74 bits per heavy atom. The molecule has 0 unspecified atom stereocenters. The van der Waals surface area contributed by atoms with Crippen LogP contribution < -0.4 is 5.32 Å². The number of rotatable bonds is 9. The van der Waals surface area contributed by atoms with Crippen molar-refractivity contribution in [3.8, 4) is 0 Å². The van der Waals surface area contributed by atoms with Crippen LogP contribution in [0.2, 0.25) is 0 Å². The molecule has 2 heterocycles. The second kappa shape index (κ2) is 10.8. The van der Waals surface area contributed by atoms with E-state index in [2.05, 4.69) is 70.6 Å². The predicted molar refractivity (Wildman–Crippen MR) is 137 cm³/mol. The topological polar surface area (TPSA) is 72.2 Å². The fourth-order valence-corrected chi connectivity index (χ4v) is 4.59. The zero-order chi connectivity index (χ0) is 24.1. The van der Waals surface area contributed by atoms with Gasteiger partial charge in [0.05, 0.1) is 5.75 Å². The lowest BCUT2D eigenvalue weighted by atomic mass is 10.0. The Balaban J connectivity index is 1.36. The average molecular weight is 474 g/mol. The molecule has 7 heteroatoms. The molecule has 6 nitrogen and oxygen atoms in total. The molecule has 4 rings (SSSR count). The third-order valence-corrected chi connectivity index (χ3v) is 6.82. The van der Waals surface area contributed by atoms with Crippen LogP contribution in [-0.2, 0) is 17.6 Å². The summed E-state index contributed by atoms with van der Waals surface area (Å²) in [6.45, 7) is 8.20. The summed E-state index contributed by atoms with van der Waals surface area (Å²) < 4.78 is 1.79. The van der Waals surface area contributed by atoms with E-state index in [4.69, 9.17) is 0 Å². The molecule has 1 amide bonds. The summed E-state index contributed by atoms with van der Waals surface area (Å²) >= 11 is 1.34. The Bertz CT molecular complexity index is 1270. The molecular weight excluding hydrogens is 442 g/mol. The van der Waals surface area contributed by atoms with E-state index < -0.39 is 0 Å². The van der Waals surface area contributed by atoms with Crippen molar-refractivity contribution >= 4 is 23.4 Å². The molecule has 0 bridgehead atoms. The molecule has 0 aliphatic heterocycles. The molecule has 176 valence electrons. The lowest BCUT2D eigenvalue weighted by Crippen LogP contribution is -2.34. The van der Waals surface area contributed by atoms with Crippen LogP contribution in [0.1, 0.15) is 47.0 Å². The molecule has 0 saturated carbocycles. The second-order valence-electron chi connectivity index (χ2n) is 8.81. The number of aryl methyl sites for hydroxylation is 4. The van der Waals surface area contributed by atoms with Crippen LogP contribution in [-0.4, -0.2) is 37.3 Å². The first-order valence-electron chi connectivity index (χ1n) is 11.6. The van der Waals surface area contributed by atoms with Crippen molar-refractivity contribution in [1.82, 2.24) is 24.9 Å². The van der Waals surface area contributed by atoms with Crippen LogP contribution in [0.15, 0.2) is 59.8 Å². The van der Waals surface area contributed by atoms with Gasteiger partial charge in [0, 0.05) is 23.9 Å². The maximum Gasteiger partial charge on any atom is 0.253 e. The largest absolute Gasteiger partial charge is 0.353 e. The van der Waals surface area contributed by atoms with Crippen molar-refractivity contribution in [2.24, 2.45) is 0 Å². The summed E-state index contributed by atoms with van der Waals surface area (Å²) in [6.07, 6.45) is 2.64. The molecule has 0 saturated heterocycles. The molecule has 4 aromatic rings. The molecule has 1 atom stereocenters. The van der Waals surface area contributed by atoms with E-state index in [9.17, 15) is 4.79 Å². The van der Waals surface area contributed by atoms with E-state index in [1.807, 2.05) is 32.0 Å². The number of aromatic nitrogens is 4. The quantitative estimate of drug-likeness (QED) is 0.351. The number of nitrogens with one attached hydrogen (secondary N) is 1. The number of benzene rings is 2. The van der Waals surface area contributed by atoms with Crippen molar-refractivity contribution in [2.75, 3.05) is 5.75 Å². The summed E-state index contributed by atoms with van der Waals surface area (Å²) in [5, 5.41) is 8.26. The summed E-state index contributed by atoms with van der Waals surface area (Å²) in [6, 6.07) is 19.0. The maximum absolute atomic E-state index is 12.4. The molecule has 34 heavy (non-hydrogen) atoms. The van der Waals surface area contributed by atoms with Crippen molar-refractivity contribution in [1.29, 1.82) is 0 Å². The van der Waals surface area contributed by atoms with Gasteiger partial charge in [0.15, 0.2) is 0 Å². The number of carbonyl (C=O) groups is 1. The highest BCUT2D eigenvalue weighted by Crippen LogP contribution is 2.21. The Kier molecular flexibility index (Phi) is 7.63. The highest BCUT2D eigenvalue weighted by Gasteiger charge is 2.16. The van der Waals surface area contributed by atoms with Gasteiger partial charge in [0.25, 0.3) is 5.78 Å². The van der Waals surface area contributed by atoms with Crippen molar-refractivity contribution in [3.05, 3.63) is 88.2 Å². The van der Waals surface area contributed by atoms with Gasteiger partial charge in [0.1, 0.15) is 0 Å². The molecule has 0 aliphatic rings. The number of thioether (sulfide) groups is 1. The van der Waals surface area contributed by atoms with E-state index >= 15 is 0 Å². The summed E-state index contributed by atoms with van der Waals surface area (Å²) in [5.74, 6) is 0.841. The minimum atomic E-state index is -0.00894. The summed E-state index contributed by atoms with van der Waals surface area (Å²) in [7, 11) is 0. The molecule has 0 aliphatic carbocycles. The number of amides is 1. The van der Waals surface area contributed by atoms with Crippen molar-refractivity contribution < 1.29 is 4.79 Å². The number of hydrogen-bond acceptors (Lipinski definition) is 5. The number of fused-ring (bicyclic) bond motifs is 1. The Morgan fingerprint density at radius 1 is 1.00 bits per heavy atom.